The molecule has 1 aromatic heterocycles. The monoisotopic (exact) mass is 301 g/mol. The second-order valence-electron chi connectivity index (χ2n) is 6.21. The SMILES string of the molecule is CNCc1cnc(N2CCSC(C)(C)C2)c2ccccc12. The summed E-state index contributed by atoms with van der Waals surface area (Å²) in [4.78, 5) is 7.24. The molecular formula is C17H23N3S. The highest BCUT2D eigenvalue weighted by Crippen LogP contribution is 2.34. The predicted molar refractivity (Wildman–Crippen MR) is 93.3 cm³/mol. The van der Waals surface area contributed by atoms with E-state index in [1.807, 2.05) is 13.2 Å². The first-order valence-electron chi connectivity index (χ1n) is 7.51. The van der Waals surface area contributed by atoms with E-state index in [0.717, 1.165) is 25.5 Å². The largest absolute Gasteiger partial charge is 0.354 e. The molecule has 0 spiro atoms. The number of benzene rings is 1. The van der Waals surface area contributed by atoms with Gasteiger partial charge in [-0.2, -0.15) is 11.8 Å². The number of aromatic nitrogens is 1. The van der Waals surface area contributed by atoms with Crippen LogP contribution < -0.4 is 10.2 Å². The molecule has 21 heavy (non-hydrogen) atoms. The summed E-state index contributed by atoms with van der Waals surface area (Å²) >= 11 is 2.06. The average Bonchev–Trinajstić information content (AvgIpc) is 2.47. The number of hydrogen-bond donors (Lipinski definition) is 1. The van der Waals surface area contributed by atoms with Crippen molar-refractivity contribution in [3.8, 4) is 0 Å². The topological polar surface area (TPSA) is 28.2 Å². The van der Waals surface area contributed by atoms with Gasteiger partial charge in [-0.05, 0) is 31.8 Å². The van der Waals surface area contributed by atoms with E-state index in [1.54, 1.807) is 0 Å². The van der Waals surface area contributed by atoms with E-state index < -0.39 is 0 Å². The minimum absolute atomic E-state index is 0.296. The maximum absolute atomic E-state index is 4.79. The average molecular weight is 301 g/mol. The van der Waals surface area contributed by atoms with Gasteiger partial charge in [0.2, 0.25) is 0 Å². The molecule has 1 aliphatic heterocycles. The van der Waals surface area contributed by atoms with E-state index in [4.69, 9.17) is 4.98 Å². The van der Waals surface area contributed by atoms with E-state index in [-0.39, 0.29) is 0 Å². The molecule has 0 radical (unpaired) electrons. The quantitative estimate of drug-likeness (QED) is 0.941. The Morgan fingerprint density at radius 1 is 1.29 bits per heavy atom. The molecule has 1 fully saturated rings. The van der Waals surface area contributed by atoms with Crippen molar-refractivity contribution in [1.82, 2.24) is 10.3 Å². The van der Waals surface area contributed by atoms with Gasteiger partial charge in [-0.3, -0.25) is 0 Å². The van der Waals surface area contributed by atoms with Crippen molar-refractivity contribution >= 4 is 28.4 Å². The number of nitrogens with one attached hydrogen (secondary N) is 1. The summed E-state index contributed by atoms with van der Waals surface area (Å²) in [5.41, 5.74) is 1.27. The Balaban J connectivity index is 2.05. The lowest BCUT2D eigenvalue weighted by Gasteiger charge is -2.38. The lowest BCUT2D eigenvalue weighted by molar-refractivity contribution is 0.644. The standard InChI is InChI=1S/C17H23N3S/c1-17(2)12-20(8-9-21-17)16-15-7-5-4-6-14(15)13(10-18-3)11-19-16/h4-7,11,18H,8-10,12H2,1-3H3. The van der Waals surface area contributed by atoms with Crippen molar-refractivity contribution in [2.24, 2.45) is 0 Å². The number of thioether (sulfide) groups is 1. The molecule has 2 heterocycles. The molecule has 1 saturated heterocycles. The van der Waals surface area contributed by atoms with Crippen molar-refractivity contribution in [2.45, 2.75) is 25.1 Å². The third kappa shape index (κ3) is 3.01. The summed E-state index contributed by atoms with van der Waals surface area (Å²) in [5, 5.41) is 5.82. The fourth-order valence-corrected chi connectivity index (χ4v) is 4.13. The highest BCUT2D eigenvalue weighted by molar-refractivity contribution is 8.00. The lowest BCUT2D eigenvalue weighted by Crippen LogP contribution is -2.43. The number of rotatable bonds is 3. The smallest absolute Gasteiger partial charge is 0.136 e. The lowest BCUT2D eigenvalue weighted by atomic mass is 10.1. The molecule has 0 atom stereocenters. The molecule has 3 nitrogen and oxygen atoms in total. The van der Waals surface area contributed by atoms with Gasteiger partial charge in [0.25, 0.3) is 0 Å². The van der Waals surface area contributed by atoms with E-state index in [1.165, 1.54) is 22.1 Å². The predicted octanol–water partition coefficient (Wildman–Crippen LogP) is 3.29. The number of anilines is 1. The second-order valence-corrected chi connectivity index (χ2v) is 8.01. The minimum atomic E-state index is 0.296. The second kappa shape index (κ2) is 5.85. The normalized spacial score (nSPS) is 18.1. The van der Waals surface area contributed by atoms with Crippen molar-refractivity contribution in [3.05, 3.63) is 36.0 Å². The van der Waals surface area contributed by atoms with Crippen molar-refractivity contribution in [1.29, 1.82) is 0 Å². The zero-order chi connectivity index (χ0) is 14.9. The molecule has 1 aromatic carbocycles. The maximum atomic E-state index is 4.79. The Morgan fingerprint density at radius 2 is 2.05 bits per heavy atom. The van der Waals surface area contributed by atoms with Crippen LogP contribution >= 0.6 is 11.8 Å². The molecule has 3 rings (SSSR count). The van der Waals surface area contributed by atoms with E-state index >= 15 is 0 Å². The van der Waals surface area contributed by atoms with Crippen LogP contribution in [0.25, 0.3) is 10.8 Å². The van der Waals surface area contributed by atoms with Gasteiger partial charge in [-0.1, -0.05) is 24.3 Å². The van der Waals surface area contributed by atoms with Gasteiger partial charge in [0.05, 0.1) is 0 Å². The molecule has 0 bridgehead atoms. The van der Waals surface area contributed by atoms with Crippen molar-refractivity contribution in [3.63, 3.8) is 0 Å². The highest BCUT2D eigenvalue weighted by atomic mass is 32.2. The van der Waals surface area contributed by atoms with E-state index in [2.05, 4.69) is 60.1 Å². The molecule has 1 N–H and O–H groups in total. The summed E-state index contributed by atoms with van der Waals surface area (Å²) in [6.07, 6.45) is 2.03. The minimum Gasteiger partial charge on any atom is -0.354 e. The third-order valence-corrected chi connectivity index (χ3v) is 5.25. The fourth-order valence-electron chi connectivity index (χ4n) is 3.02. The molecule has 112 valence electrons. The molecule has 0 saturated carbocycles. The van der Waals surface area contributed by atoms with Crippen molar-refractivity contribution < 1.29 is 0 Å². The van der Waals surface area contributed by atoms with Crippen molar-refractivity contribution in [2.75, 3.05) is 30.8 Å². The van der Waals surface area contributed by atoms with Gasteiger partial charge in [0.15, 0.2) is 0 Å². The molecule has 1 aliphatic rings. The Bertz CT molecular complexity index is 639. The van der Waals surface area contributed by atoms with Crippen LogP contribution in [0.2, 0.25) is 0 Å². The Morgan fingerprint density at radius 3 is 2.76 bits per heavy atom. The van der Waals surface area contributed by atoms with Crippen LogP contribution in [0.3, 0.4) is 0 Å². The van der Waals surface area contributed by atoms with Gasteiger partial charge in [0, 0.05) is 41.7 Å². The van der Waals surface area contributed by atoms with Crippen LogP contribution in [0.1, 0.15) is 19.4 Å². The van der Waals surface area contributed by atoms with Gasteiger partial charge in [0.1, 0.15) is 5.82 Å². The molecule has 0 amide bonds. The van der Waals surface area contributed by atoms with Crippen LogP contribution in [0, 0.1) is 0 Å². The third-order valence-electron chi connectivity index (χ3n) is 3.95. The molecule has 4 heteroatoms. The van der Waals surface area contributed by atoms with Crippen LogP contribution in [0.5, 0.6) is 0 Å². The van der Waals surface area contributed by atoms with Gasteiger partial charge in [-0.25, -0.2) is 4.98 Å². The Kier molecular flexibility index (Phi) is 4.09. The summed E-state index contributed by atoms with van der Waals surface area (Å²) in [6.45, 7) is 7.63. The zero-order valence-corrected chi connectivity index (χ0v) is 13.8. The number of fused-ring (bicyclic) bond motifs is 1. The van der Waals surface area contributed by atoms with Gasteiger partial charge in [-0.15, -0.1) is 0 Å². The highest BCUT2D eigenvalue weighted by Gasteiger charge is 2.28. The maximum Gasteiger partial charge on any atom is 0.136 e. The Hall–Kier alpha value is -1.26. The van der Waals surface area contributed by atoms with E-state index in [9.17, 15) is 0 Å². The summed E-state index contributed by atoms with van der Waals surface area (Å²) in [5.74, 6) is 2.31. The van der Waals surface area contributed by atoms with Gasteiger partial charge < -0.3 is 10.2 Å². The summed E-state index contributed by atoms with van der Waals surface area (Å²) < 4.78 is 0.296. The summed E-state index contributed by atoms with van der Waals surface area (Å²) in [6, 6.07) is 8.63. The van der Waals surface area contributed by atoms with Gasteiger partial charge >= 0.3 is 0 Å². The first-order valence-corrected chi connectivity index (χ1v) is 8.49. The van der Waals surface area contributed by atoms with Crippen LogP contribution in [-0.4, -0.2) is 35.6 Å². The van der Waals surface area contributed by atoms with E-state index in [0.29, 0.717) is 4.75 Å². The van der Waals surface area contributed by atoms with Crippen LogP contribution in [-0.2, 0) is 6.54 Å². The Labute approximate surface area is 131 Å². The zero-order valence-electron chi connectivity index (χ0n) is 13.0. The fraction of sp³-hybridized carbons (Fsp3) is 0.471. The summed E-state index contributed by atoms with van der Waals surface area (Å²) in [7, 11) is 1.98. The number of nitrogens with zero attached hydrogens (tertiary/aromatic N) is 2. The molecule has 0 aliphatic carbocycles. The van der Waals surface area contributed by atoms with Crippen LogP contribution in [0.15, 0.2) is 30.5 Å². The first kappa shape index (κ1) is 14.7. The molecular weight excluding hydrogens is 278 g/mol. The number of hydrogen-bond acceptors (Lipinski definition) is 4. The first-order chi connectivity index (χ1) is 10.1. The number of pyridine rings is 1. The molecule has 2 aromatic rings. The molecule has 0 unspecified atom stereocenters. The van der Waals surface area contributed by atoms with Crippen LogP contribution in [0.4, 0.5) is 5.82 Å².